The number of aryl methyl sites for hydroxylation is 1. The summed E-state index contributed by atoms with van der Waals surface area (Å²) in [4.78, 5) is 12.6. The number of carbonyl (C=O) groups excluding carboxylic acids is 1. The number of sulfonamides is 1. The van der Waals surface area contributed by atoms with Gasteiger partial charge in [-0.05, 0) is 66.6 Å². The summed E-state index contributed by atoms with van der Waals surface area (Å²) >= 11 is 1.58. The summed E-state index contributed by atoms with van der Waals surface area (Å²) < 4.78 is 46.6. The van der Waals surface area contributed by atoms with Crippen LogP contribution < -0.4 is 4.72 Å². The molecule has 1 N–H and O–H groups in total. The van der Waals surface area contributed by atoms with Gasteiger partial charge in [0.15, 0.2) is 0 Å². The van der Waals surface area contributed by atoms with Crippen LogP contribution in [0, 0.1) is 12.7 Å². The predicted octanol–water partition coefficient (Wildman–Crippen LogP) is 3.44. The molecule has 0 amide bonds. The lowest BCUT2D eigenvalue weighted by Gasteiger charge is -2.26. The fraction of sp³-hybridized carbons (Fsp3) is 0.278. The van der Waals surface area contributed by atoms with E-state index in [1.165, 1.54) is 37.4 Å². The Morgan fingerprint density at radius 3 is 2.73 bits per heavy atom. The van der Waals surface area contributed by atoms with Gasteiger partial charge in [0.1, 0.15) is 5.82 Å². The van der Waals surface area contributed by atoms with Crippen LogP contribution in [0.3, 0.4) is 0 Å². The number of ether oxygens (including phenoxy) is 1. The molecule has 0 bridgehead atoms. The molecule has 1 unspecified atom stereocenters. The molecular formula is C18H18FNO4S2. The van der Waals surface area contributed by atoms with E-state index in [4.69, 9.17) is 0 Å². The van der Waals surface area contributed by atoms with Gasteiger partial charge >= 0.3 is 5.97 Å². The molecule has 8 heteroatoms. The van der Waals surface area contributed by atoms with E-state index in [0.29, 0.717) is 17.5 Å². The van der Waals surface area contributed by atoms with Gasteiger partial charge in [-0.2, -0.15) is 0 Å². The Labute approximate surface area is 156 Å². The van der Waals surface area contributed by atoms with Crippen molar-refractivity contribution in [2.75, 3.05) is 12.9 Å². The van der Waals surface area contributed by atoms with Crippen molar-refractivity contribution >= 4 is 27.8 Å². The minimum absolute atomic E-state index is 0.0846. The number of rotatable bonds is 4. The van der Waals surface area contributed by atoms with Gasteiger partial charge in [-0.1, -0.05) is 0 Å². The normalized spacial score (nSPS) is 16.8. The van der Waals surface area contributed by atoms with Gasteiger partial charge in [0, 0.05) is 10.9 Å². The fourth-order valence-electron chi connectivity index (χ4n) is 2.93. The molecule has 0 spiro atoms. The minimum atomic E-state index is -3.83. The van der Waals surface area contributed by atoms with E-state index in [-0.39, 0.29) is 10.5 Å². The zero-order valence-electron chi connectivity index (χ0n) is 14.3. The van der Waals surface area contributed by atoms with Crippen LogP contribution in [-0.4, -0.2) is 27.2 Å². The second kappa shape index (κ2) is 7.38. The van der Waals surface area contributed by atoms with Crippen molar-refractivity contribution in [3.05, 3.63) is 58.9 Å². The number of nitrogens with one attached hydrogen (secondary N) is 1. The van der Waals surface area contributed by atoms with Crippen LogP contribution in [-0.2, 0) is 14.8 Å². The summed E-state index contributed by atoms with van der Waals surface area (Å²) in [7, 11) is -2.56. The van der Waals surface area contributed by atoms with Gasteiger partial charge in [-0.25, -0.2) is 22.3 Å². The Morgan fingerprint density at radius 2 is 2.04 bits per heavy atom. The van der Waals surface area contributed by atoms with Crippen molar-refractivity contribution in [2.24, 2.45) is 0 Å². The first-order valence-electron chi connectivity index (χ1n) is 7.95. The van der Waals surface area contributed by atoms with Crippen LogP contribution in [0.5, 0.6) is 0 Å². The van der Waals surface area contributed by atoms with Crippen molar-refractivity contribution in [1.29, 1.82) is 0 Å². The van der Waals surface area contributed by atoms with Crippen LogP contribution in [0.1, 0.15) is 33.9 Å². The van der Waals surface area contributed by atoms with E-state index in [2.05, 4.69) is 9.46 Å². The Bertz CT molecular complexity index is 960. The lowest BCUT2D eigenvalue weighted by Crippen LogP contribution is -2.31. The quantitative estimate of drug-likeness (QED) is 0.803. The second-order valence-corrected chi connectivity index (χ2v) is 8.78. The van der Waals surface area contributed by atoms with Crippen molar-refractivity contribution in [1.82, 2.24) is 4.72 Å². The second-order valence-electron chi connectivity index (χ2n) is 5.97. The lowest BCUT2D eigenvalue weighted by molar-refractivity contribution is 0.0600. The van der Waals surface area contributed by atoms with E-state index in [1.807, 2.05) is 0 Å². The Hall–Kier alpha value is -1.90. The molecule has 1 atom stereocenters. The Morgan fingerprint density at radius 1 is 1.27 bits per heavy atom. The zero-order chi connectivity index (χ0) is 18.9. The first kappa shape index (κ1) is 18.9. The Kier molecular flexibility index (Phi) is 5.36. The number of thioether (sulfide) groups is 1. The highest BCUT2D eigenvalue weighted by molar-refractivity contribution is 7.99. The molecule has 5 nitrogen and oxygen atoms in total. The molecule has 0 fully saturated rings. The molecule has 1 aliphatic heterocycles. The minimum Gasteiger partial charge on any atom is -0.465 e. The maximum atomic E-state index is 13.6. The third-order valence-electron chi connectivity index (χ3n) is 4.19. The number of hydrogen-bond donors (Lipinski definition) is 1. The highest BCUT2D eigenvalue weighted by atomic mass is 32.2. The lowest BCUT2D eigenvalue weighted by atomic mass is 10.0. The van der Waals surface area contributed by atoms with Gasteiger partial charge < -0.3 is 4.74 Å². The topological polar surface area (TPSA) is 72.5 Å². The van der Waals surface area contributed by atoms with E-state index in [0.717, 1.165) is 10.6 Å². The highest BCUT2D eigenvalue weighted by Crippen LogP contribution is 2.37. The van der Waals surface area contributed by atoms with Crippen LogP contribution in [0.25, 0.3) is 0 Å². The zero-order valence-corrected chi connectivity index (χ0v) is 15.9. The molecular weight excluding hydrogens is 377 g/mol. The average molecular weight is 395 g/mol. The van der Waals surface area contributed by atoms with Gasteiger partial charge in [-0.3, -0.25) is 0 Å². The maximum Gasteiger partial charge on any atom is 0.337 e. The van der Waals surface area contributed by atoms with Crippen molar-refractivity contribution in [3.63, 3.8) is 0 Å². The van der Waals surface area contributed by atoms with Gasteiger partial charge in [0.2, 0.25) is 10.0 Å². The van der Waals surface area contributed by atoms with Crippen molar-refractivity contribution < 1.29 is 22.3 Å². The number of hydrogen-bond acceptors (Lipinski definition) is 5. The summed E-state index contributed by atoms with van der Waals surface area (Å²) in [6.07, 6.45) is 0.569. The molecule has 0 aromatic heterocycles. The van der Waals surface area contributed by atoms with Crippen LogP contribution in [0.15, 0.2) is 46.2 Å². The molecule has 1 aliphatic rings. The number of methoxy groups -OCH3 is 1. The Balaban J connectivity index is 1.91. The van der Waals surface area contributed by atoms with Crippen LogP contribution in [0.2, 0.25) is 0 Å². The summed E-state index contributed by atoms with van der Waals surface area (Å²) in [6, 6.07) is 8.20. The van der Waals surface area contributed by atoms with Gasteiger partial charge in [0.25, 0.3) is 0 Å². The summed E-state index contributed by atoms with van der Waals surface area (Å²) in [6.45, 7) is 1.62. The van der Waals surface area contributed by atoms with E-state index < -0.39 is 27.9 Å². The maximum absolute atomic E-state index is 13.6. The highest BCUT2D eigenvalue weighted by Gasteiger charge is 2.27. The molecule has 0 saturated heterocycles. The van der Waals surface area contributed by atoms with E-state index in [1.54, 1.807) is 24.8 Å². The van der Waals surface area contributed by atoms with Crippen LogP contribution >= 0.6 is 11.8 Å². The first-order chi connectivity index (χ1) is 12.3. The number of carbonyl (C=O) groups is 1. The monoisotopic (exact) mass is 395 g/mol. The summed E-state index contributed by atoms with van der Waals surface area (Å²) in [5.41, 5.74) is 1.36. The van der Waals surface area contributed by atoms with Crippen molar-refractivity contribution in [3.8, 4) is 0 Å². The summed E-state index contributed by atoms with van der Waals surface area (Å²) in [5, 5.41) is 0. The molecule has 2 aromatic carbocycles. The number of esters is 1. The first-order valence-corrected chi connectivity index (χ1v) is 10.4. The van der Waals surface area contributed by atoms with E-state index >= 15 is 0 Å². The fourth-order valence-corrected chi connectivity index (χ4v) is 5.52. The molecule has 2 aromatic rings. The molecule has 0 radical (unpaired) electrons. The van der Waals surface area contributed by atoms with Gasteiger partial charge in [0.05, 0.1) is 17.6 Å². The molecule has 0 saturated carbocycles. The average Bonchev–Trinajstić information content (AvgIpc) is 2.61. The molecule has 26 heavy (non-hydrogen) atoms. The number of fused-ring (bicyclic) bond motifs is 1. The SMILES string of the molecule is COC(=O)c1ccc(S(=O)(=O)NC2CCSc3ccc(F)cc32)c(C)c1. The number of benzene rings is 2. The van der Waals surface area contributed by atoms with Crippen LogP contribution in [0.4, 0.5) is 4.39 Å². The standard InChI is InChI=1S/C18H18FNO4S2/c1-11-9-12(18(21)24-2)3-6-17(11)26(22,23)20-15-7-8-25-16-5-4-13(19)10-14(15)16/h3-6,9-10,15,20H,7-8H2,1-2H3. The molecule has 3 rings (SSSR count). The van der Waals surface area contributed by atoms with Gasteiger partial charge in [-0.15, -0.1) is 11.8 Å². The third-order valence-corrected chi connectivity index (χ3v) is 6.95. The largest absolute Gasteiger partial charge is 0.465 e. The molecule has 0 aliphatic carbocycles. The summed E-state index contributed by atoms with van der Waals surface area (Å²) in [5.74, 6) is -0.181. The van der Waals surface area contributed by atoms with Crippen molar-refractivity contribution in [2.45, 2.75) is 29.2 Å². The predicted molar refractivity (Wildman–Crippen MR) is 97.3 cm³/mol. The van der Waals surface area contributed by atoms with E-state index in [9.17, 15) is 17.6 Å². The molecule has 138 valence electrons. The number of halogens is 1. The third kappa shape index (κ3) is 3.77. The molecule has 1 heterocycles. The smallest absolute Gasteiger partial charge is 0.337 e.